The molecule has 0 bridgehead atoms. The smallest absolute Gasteiger partial charge is 0.276 e. The number of anilines is 1. The quantitative estimate of drug-likeness (QED) is 0.308. The molecule has 0 aliphatic carbocycles. The van der Waals surface area contributed by atoms with Gasteiger partial charge in [0.15, 0.2) is 5.16 Å². The number of rotatable bonds is 5. The second kappa shape index (κ2) is 8.78. The topological polar surface area (TPSA) is 64.0 Å². The molecule has 0 saturated heterocycles. The molecule has 5 nitrogen and oxygen atoms in total. The number of carbonyl (C=O) groups is 1. The van der Waals surface area contributed by atoms with Crippen molar-refractivity contribution in [1.29, 1.82) is 0 Å². The van der Waals surface area contributed by atoms with E-state index in [1.807, 2.05) is 0 Å². The highest BCUT2D eigenvalue weighted by Gasteiger charge is 2.17. The molecule has 0 fully saturated rings. The predicted octanol–water partition coefficient (Wildman–Crippen LogP) is 5.42. The third kappa shape index (κ3) is 4.48. The van der Waals surface area contributed by atoms with Crippen LogP contribution in [0.5, 0.6) is 0 Å². The second-order valence-corrected chi connectivity index (χ2v) is 8.83. The molecule has 2 aromatic carbocycles. The lowest BCUT2D eigenvalue weighted by Gasteiger charge is -2.13. The zero-order chi connectivity index (χ0) is 22.1. The highest BCUT2D eigenvalue weighted by Crippen LogP contribution is 2.26. The number of carbonyl (C=O) groups excluding carboxylic acids is 1. The Kier molecular flexibility index (Phi) is 6.08. The van der Waals surface area contributed by atoms with Crippen molar-refractivity contribution >= 4 is 56.5 Å². The van der Waals surface area contributed by atoms with Gasteiger partial charge in [0.1, 0.15) is 16.3 Å². The molecular weight excluding hydrogens is 464 g/mol. The number of nitrogens with zero attached hydrogens (tertiary/aromatic N) is 2. The van der Waals surface area contributed by atoms with Gasteiger partial charge >= 0.3 is 0 Å². The Labute approximate surface area is 188 Å². The molecule has 31 heavy (non-hydrogen) atoms. The fraction of sp³-hybridized carbons (Fsp3) is 0.0952. The second-order valence-electron chi connectivity index (χ2n) is 6.56. The maximum atomic E-state index is 13.7. The van der Waals surface area contributed by atoms with Gasteiger partial charge in [0, 0.05) is 0 Å². The van der Waals surface area contributed by atoms with Crippen LogP contribution in [0.25, 0.3) is 15.9 Å². The molecule has 2 heterocycles. The molecule has 0 unspecified atom stereocenters. The van der Waals surface area contributed by atoms with E-state index >= 15 is 0 Å². The number of hydrogen-bond donors (Lipinski definition) is 1. The van der Waals surface area contributed by atoms with E-state index in [-0.39, 0.29) is 27.8 Å². The molecule has 2 aromatic heterocycles. The van der Waals surface area contributed by atoms with Crippen LogP contribution in [0, 0.1) is 18.6 Å². The van der Waals surface area contributed by atoms with Crippen LogP contribution in [0.1, 0.15) is 5.56 Å². The number of aromatic nitrogens is 2. The van der Waals surface area contributed by atoms with Gasteiger partial charge in [0.05, 0.1) is 27.7 Å². The van der Waals surface area contributed by atoms with E-state index in [1.54, 1.807) is 24.4 Å². The normalized spacial score (nSPS) is 11.1. The van der Waals surface area contributed by atoms with Gasteiger partial charge in [0.25, 0.3) is 5.56 Å². The highest BCUT2D eigenvalue weighted by molar-refractivity contribution is 7.99. The lowest BCUT2D eigenvalue weighted by atomic mass is 10.2. The zero-order valence-corrected chi connectivity index (χ0v) is 18.4. The summed E-state index contributed by atoms with van der Waals surface area (Å²) in [6.07, 6.45) is 0. The number of benzene rings is 2. The van der Waals surface area contributed by atoms with Gasteiger partial charge in [-0.1, -0.05) is 23.4 Å². The Morgan fingerprint density at radius 1 is 1.23 bits per heavy atom. The van der Waals surface area contributed by atoms with Crippen LogP contribution >= 0.6 is 34.7 Å². The van der Waals surface area contributed by atoms with Crippen LogP contribution in [0.4, 0.5) is 14.5 Å². The minimum Gasteiger partial charge on any atom is -0.324 e. The third-order valence-electron chi connectivity index (χ3n) is 4.39. The number of halogens is 3. The number of thiophene rings is 1. The van der Waals surface area contributed by atoms with Gasteiger partial charge in [-0.15, -0.1) is 11.3 Å². The summed E-state index contributed by atoms with van der Waals surface area (Å²) in [4.78, 5) is 30.0. The minimum absolute atomic E-state index is 0.0734. The number of thioether (sulfide) groups is 1. The minimum atomic E-state index is -0.510. The van der Waals surface area contributed by atoms with Crippen LogP contribution in [0.15, 0.2) is 57.8 Å². The molecule has 1 amide bonds. The van der Waals surface area contributed by atoms with E-state index in [4.69, 9.17) is 11.6 Å². The summed E-state index contributed by atoms with van der Waals surface area (Å²) >= 11 is 8.27. The molecule has 10 heteroatoms. The van der Waals surface area contributed by atoms with Gasteiger partial charge < -0.3 is 5.32 Å². The summed E-state index contributed by atoms with van der Waals surface area (Å²) in [6, 6.07) is 9.72. The molecule has 0 atom stereocenters. The first kappa shape index (κ1) is 21.5. The molecule has 0 spiro atoms. The summed E-state index contributed by atoms with van der Waals surface area (Å²) in [5, 5.41) is 4.74. The average molecular weight is 478 g/mol. The third-order valence-corrected chi connectivity index (χ3v) is 6.53. The van der Waals surface area contributed by atoms with Crippen molar-refractivity contribution in [3.63, 3.8) is 0 Å². The first-order valence-corrected chi connectivity index (χ1v) is 11.2. The van der Waals surface area contributed by atoms with Gasteiger partial charge in [-0.25, -0.2) is 13.8 Å². The van der Waals surface area contributed by atoms with Crippen LogP contribution in [-0.2, 0) is 4.79 Å². The zero-order valence-electron chi connectivity index (χ0n) is 16.0. The van der Waals surface area contributed by atoms with Crippen LogP contribution in [0.3, 0.4) is 0 Å². The lowest BCUT2D eigenvalue weighted by molar-refractivity contribution is -0.113. The average Bonchev–Trinajstić information content (AvgIpc) is 3.20. The number of hydrogen-bond acceptors (Lipinski definition) is 5. The summed E-state index contributed by atoms with van der Waals surface area (Å²) in [5.74, 6) is -1.37. The standard InChI is InChI=1S/C21H14ClF2N3O2S2/c1-11-8-13(3-4-15(11)24)27-20(29)19-17(6-7-30-19)26-21(27)31-10-18(28)25-16-5-2-12(23)9-14(16)22/h2-9H,10H2,1H3,(H,25,28). The monoisotopic (exact) mass is 477 g/mol. The van der Waals surface area contributed by atoms with Crippen molar-refractivity contribution < 1.29 is 13.6 Å². The van der Waals surface area contributed by atoms with Crippen molar-refractivity contribution in [2.45, 2.75) is 12.1 Å². The summed E-state index contributed by atoms with van der Waals surface area (Å²) in [6.45, 7) is 1.60. The van der Waals surface area contributed by atoms with Crippen molar-refractivity contribution in [2.24, 2.45) is 0 Å². The number of nitrogens with one attached hydrogen (secondary N) is 1. The van der Waals surface area contributed by atoms with Crippen molar-refractivity contribution in [3.8, 4) is 5.69 Å². The van der Waals surface area contributed by atoms with E-state index in [2.05, 4.69) is 10.3 Å². The predicted molar refractivity (Wildman–Crippen MR) is 121 cm³/mol. The number of amides is 1. The largest absolute Gasteiger partial charge is 0.324 e. The Morgan fingerprint density at radius 3 is 2.77 bits per heavy atom. The van der Waals surface area contributed by atoms with E-state index < -0.39 is 11.7 Å². The SMILES string of the molecule is Cc1cc(-n2c(SCC(=O)Nc3ccc(F)cc3Cl)nc3ccsc3c2=O)ccc1F. The number of fused-ring (bicyclic) bond motifs is 1. The Morgan fingerprint density at radius 2 is 2.03 bits per heavy atom. The van der Waals surface area contributed by atoms with Gasteiger partial charge in [-0.2, -0.15) is 0 Å². The van der Waals surface area contributed by atoms with Crippen molar-refractivity contribution in [1.82, 2.24) is 9.55 Å². The number of aryl methyl sites for hydroxylation is 1. The Balaban J connectivity index is 1.65. The van der Waals surface area contributed by atoms with Crippen molar-refractivity contribution in [3.05, 3.63) is 80.4 Å². The van der Waals surface area contributed by atoms with Crippen LogP contribution in [-0.4, -0.2) is 21.2 Å². The van der Waals surface area contributed by atoms with Gasteiger partial charge in [-0.3, -0.25) is 14.2 Å². The fourth-order valence-electron chi connectivity index (χ4n) is 2.89. The first-order valence-electron chi connectivity index (χ1n) is 8.98. The summed E-state index contributed by atoms with van der Waals surface area (Å²) < 4.78 is 28.8. The van der Waals surface area contributed by atoms with Gasteiger partial charge in [-0.05, 0) is 60.3 Å². The lowest BCUT2D eigenvalue weighted by Crippen LogP contribution is -2.22. The van der Waals surface area contributed by atoms with E-state index in [1.165, 1.54) is 40.2 Å². The maximum Gasteiger partial charge on any atom is 0.276 e. The molecule has 0 radical (unpaired) electrons. The molecule has 0 aliphatic heterocycles. The molecule has 0 saturated carbocycles. The maximum absolute atomic E-state index is 13.7. The molecule has 1 N–H and O–H groups in total. The summed E-state index contributed by atoms with van der Waals surface area (Å²) in [5.41, 5.74) is 1.35. The molecule has 158 valence electrons. The Bertz CT molecular complexity index is 1370. The van der Waals surface area contributed by atoms with Gasteiger partial charge in [0.2, 0.25) is 5.91 Å². The fourth-order valence-corrected chi connectivity index (χ4v) is 4.68. The molecule has 0 aliphatic rings. The Hall–Kier alpha value is -2.75. The molecule has 4 rings (SSSR count). The first-order chi connectivity index (χ1) is 14.8. The molecule has 4 aromatic rings. The van der Waals surface area contributed by atoms with Crippen LogP contribution < -0.4 is 10.9 Å². The molecular formula is C21H14ClF2N3O2S2. The van der Waals surface area contributed by atoms with E-state index in [0.717, 1.165) is 17.8 Å². The van der Waals surface area contributed by atoms with Crippen molar-refractivity contribution in [2.75, 3.05) is 11.1 Å². The van der Waals surface area contributed by atoms with E-state index in [0.29, 0.717) is 26.6 Å². The van der Waals surface area contributed by atoms with E-state index in [9.17, 15) is 18.4 Å². The highest BCUT2D eigenvalue weighted by atomic mass is 35.5. The summed E-state index contributed by atoms with van der Waals surface area (Å²) in [7, 11) is 0. The van der Waals surface area contributed by atoms with Crippen LogP contribution in [0.2, 0.25) is 5.02 Å².